The minimum Gasteiger partial charge on any atom is -0.508 e. The van der Waals surface area contributed by atoms with Crippen molar-refractivity contribution in [1.29, 1.82) is 0 Å². The molecule has 0 bridgehead atoms. The van der Waals surface area contributed by atoms with Crippen molar-refractivity contribution in [2.45, 2.75) is 6.04 Å². The van der Waals surface area contributed by atoms with Crippen molar-refractivity contribution in [3.05, 3.63) is 65.7 Å². The molecule has 0 amide bonds. The summed E-state index contributed by atoms with van der Waals surface area (Å²) in [6.07, 6.45) is 0. The van der Waals surface area contributed by atoms with E-state index in [9.17, 15) is 5.11 Å². The summed E-state index contributed by atoms with van der Waals surface area (Å²) in [5.74, 6) is 0.304. The quantitative estimate of drug-likeness (QED) is 0.847. The predicted octanol–water partition coefficient (Wildman–Crippen LogP) is 2.63. The van der Waals surface area contributed by atoms with Gasteiger partial charge in [-0.2, -0.15) is 0 Å². The number of aromatic hydroxyl groups is 1. The number of rotatable bonds is 6. The van der Waals surface area contributed by atoms with E-state index in [1.165, 1.54) is 11.1 Å². The summed E-state index contributed by atoms with van der Waals surface area (Å²) in [6.45, 7) is 1.90. The van der Waals surface area contributed by atoms with E-state index in [-0.39, 0.29) is 6.04 Å². The first kappa shape index (κ1) is 14.6. The molecule has 2 aromatic rings. The van der Waals surface area contributed by atoms with Crippen LogP contribution < -0.4 is 5.32 Å². The highest BCUT2D eigenvalue weighted by Crippen LogP contribution is 2.28. The van der Waals surface area contributed by atoms with E-state index in [2.05, 4.69) is 41.5 Å². The maximum Gasteiger partial charge on any atom is 0.115 e. The number of benzene rings is 2. The Morgan fingerprint density at radius 3 is 2.20 bits per heavy atom. The van der Waals surface area contributed by atoms with Gasteiger partial charge in [0.05, 0.1) is 6.04 Å². The van der Waals surface area contributed by atoms with Crippen LogP contribution in [0.5, 0.6) is 5.75 Å². The van der Waals surface area contributed by atoms with Crippen molar-refractivity contribution in [3.63, 3.8) is 0 Å². The fourth-order valence-corrected chi connectivity index (χ4v) is 2.41. The molecule has 0 spiro atoms. The van der Waals surface area contributed by atoms with Gasteiger partial charge in [-0.1, -0.05) is 42.5 Å². The molecule has 2 rings (SSSR count). The average Bonchev–Trinajstić information content (AvgIpc) is 2.48. The van der Waals surface area contributed by atoms with Crippen molar-refractivity contribution in [1.82, 2.24) is 10.2 Å². The van der Waals surface area contributed by atoms with Crippen LogP contribution in [-0.2, 0) is 0 Å². The highest BCUT2D eigenvalue weighted by molar-refractivity contribution is 5.35. The first-order chi connectivity index (χ1) is 9.72. The number of likely N-dealkylation sites (N-methyl/N-ethyl adjacent to an activating group) is 2. The molecule has 106 valence electrons. The Morgan fingerprint density at radius 2 is 1.60 bits per heavy atom. The fourth-order valence-electron chi connectivity index (χ4n) is 2.41. The molecule has 0 fully saturated rings. The first-order valence-corrected chi connectivity index (χ1v) is 6.91. The molecule has 0 saturated carbocycles. The molecule has 20 heavy (non-hydrogen) atoms. The zero-order chi connectivity index (χ0) is 14.4. The summed E-state index contributed by atoms with van der Waals surface area (Å²) in [4.78, 5) is 2.32. The van der Waals surface area contributed by atoms with Gasteiger partial charge in [-0.3, -0.25) is 4.90 Å². The second-order valence-corrected chi connectivity index (χ2v) is 4.99. The zero-order valence-electron chi connectivity index (χ0n) is 12.1. The summed E-state index contributed by atoms with van der Waals surface area (Å²) in [7, 11) is 4.09. The number of phenolic OH excluding ortho intramolecular Hbond substituents is 1. The van der Waals surface area contributed by atoms with Crippen LogP contribution in [0.15, 0.2) is 54.6 Å². The minimum absolute atomic E-state index is 0.199. The lowest BCUT2D eigenvalue weighted by Crippen LogP contribution is -2.31. The Kier molecular flexibility index (Phi) is 5.16. The maximum absolute atomic E-state index is 9.47. The molecule has 3 nitrogen and oxygen atoms in total. The smallest absolute Gasteiger partial charge is 0.115 e. The van der Waals surface area contributed by atoms with E-state index in [1.54, 1.807) is 12.1 Å². The Bertz CT molecular complexity index is 510. The molecule has 1 atom stereocenters. The summed E-state index contributed by atoms with van der Waals surface area (Å²) in [5.41, 5.74) is 2.45. The minimum atomic E-state index is 0.199. The van der Waals surface area contributed by atoms with E-state index < -0.39 is 0 Å². The molecule has 1 unspecified atom stereocenters. The van der Waals surface area contributed by atoms with Gasteiger partial charge in [0.2, 0.25) is 0 Å². The maximum atomic E-state index is 9.47. The van der Waals surface area contributed by atoms with Gasteiger partial charge >= 0.3 is 0 Å². The number of nitrogens with one attached hydrogen (secondary N) is 1. The highest BCUT2D eigenvalue weighted by atomic mass is 16.3. The molecule has 0 radical (unpaired) electrons. The summed E-state index contributed by atoms with van der Waals surface area (Å²) in [6, 6.07) is 18.1. The highest BCUT2D eigenvalue weighted by Gasteiger charge is 2.18. The molecule has 0 aliphatic rings. The largest absolute Gasteiger partial charge is 0.508 e. The van der Waals surface area contributed by atoms with Crippen LogP contribution in [0.1, 0.15) is 17.2 Å². The molecule has 0 saturated heterocycles. The van der Waals surface area contributed by atoms with E-state index in [0.29, 0.717) is 5.75 Å². The molecule has 0 aromatic heterocycles. The van der Waals surface area contributed by atoms with Gasteiger partial charge in [0.1, 0.15) is 5.75 Å². The average molecular weight is 270 g/mol. The van der Waals surface area contributed by atoms with Crippen LogP contribution in [0.2, 0.25) is 0 Å². The molecule has 0 aliphatic heterocycles. The van der Waals surface area contributed by atoms with Crippen molar-refractivity contribution in [2.75, 3.05) is 27.2 Å². The Hall–Kier alpha value is -1.84. The van der Waals surface area contributed by atoms with Gasteiger partial charge in [-0.05, 0) is 37.4 Å². The summed E-state index contributed by atoms with van der Waals surface area (Å²) >= 11 is 0. The van der Waals surface area contributed by atoms with Gasteiger partial charge in [0, 0.05) is 13.1 Å². The lowest BCUT2D eigenvalue weighted by Gasteiger charge is -2.29. The Labute approximate surface area is 120 Å². The lowest BCUT2D eigenvalue weighted by atomic mass is 9.97. The molecular weight excluding hydrogens is 248 g/mol. The summed E-state index contributed by atoms with van der Waals surface area (Å²) < 4.78 is 0. The SMILES string of the molecule is CNCCN(C)C(c1ccccc1)c1ccc(O)cc1. The van der Waals surface area contributed by atoms with Gasteiger partial charge in [0.15, 0.2) is 0 Å². The normalized spacial score (nSPS) is 12.6. The second kappa shape index (κ2) is 7.08. The second-order valence-electron chi connectivity index (χ2n) is 4.99. The molecule has 2 aromatic carbocycles. The van der Waals surface area contributed by atoms with Crippen LogP contribution in [-0.4, -0.2) is 37.2 Å². The topological polar surface area (TPSA) is 35.5 Å². The van der Waals surface area contributed by atoms with E-state index in [4.69, 9.17) is 0 Å². The molecule has 2 N–H and O–H groups in total. The van der Waals surface area contributed by atoms with Gasteiger partial charge in [-0.15, -0.1) is 0 Å². The third kappa shape index (κ3) is 3.59. The number of hydrogen-bond donors (Lipinski definition) is 2. The van der Waals surface area contributed by atoms with Crippen molar-refractivity contribution >= 4 is 0 Å². The Morgan fingerprint density at radius 1 is 1.00 bits per heavy atom. The van der Waals surface area contributed by atoms with Crippen LogP contribution >= 0.6 is 0 Å². The molecule has 0 heterocycles. The predicted molar refractivity (Wildman–Crippen MR) is 82.9 cm³/mol. The number of phenols is 1. The molecule has 3 heteroatoms. The summed E-state index contributed by atoms with van der Waals surface area (Å²) in [5, 5.41) is 12.6. The number of nitrogens with zero attached hydrogens (tertiary/aromatic N) is 1. The number of hydrogen-bond acceptors (Lipinski definition) is 3. The van der Waals surface area contributed by atoms with Crippen molar-refractivity contribution in [2.24, 2.45) is 0 Å². The van der Waals surface area contributed by atoms with Crippen molar-refractivity contribution in [3.8, 4) is 5.75 Å². The van der Waals surface area contributed by atoms with Gasteiger partial charge in [-0.25, -0.2) is 0 Å². The standard InChI is InChI=1S/C17H22N2O/c1-18-12-13-19(2)17(14-6-4-3-5-7-14)15-8-10-16(20)11-9-15/h3-11,17-18,20H,12-13H2,1-2H3. The molecular formula is C17H22N2O. The third-order valence-corrected chi connectivity index (χ3v) is 3.48. The van der Waals surface area contributed by atoms with Crippen LogP contribution in [0, 0.1) is 0 Å². The Balaban J connectivity index is 2.31. The van der Waals surface area contributed by atoms with E-state index in [1.807, 2.05) is 25.2 Å². The zero-order valence-corrected chi connectivity index (χ0v) is 12.1. The lowest BCUT2D eigenvalue weighted by molar-refractivity contribution is 0.280. The molecule has 0 aliphatic carbocycles. The monoisotopic (exact) mass is 270 g/mol. The van der Waals surface area contributed by atoms with Crippen molar-refractivity contribution < 1.29 is 5.11 Å². The van der Waals surface area contributed by atoms with Crippen LogP contribution in [0.4, 0.5) is 0 Å². The van der Waals surface area contributed by atoms with Crippen LogP contribution in [0.25, 0.3) is 0 Å². The van der Waals surface area contributed by atoms with Gasteiger partial charge in [0.25, 0.3) is 0 Å². The third-order valence-electron chi connectivity index (χ3n) is 3.48. The van der Waals surface area contributed by atoms with Gasteiger partial charge < -0.3 is 10.4 Å². The van der Waals surface area contributed by atoms with E-state index in [0.717, 1.165) is 13.1 Å². The van der Waals surface area contributed by atoms with Crippen LogP contribution in [0.3, 0.4) is 0 Å². The fraction of sp³-hybridized carbons (Fsp3) is 0.294. The van der Waals surface area contributed by atoms with E-state index >= 15 is 0 Å². The first-order valence-electron chi connectivity index (χ1n) is 6.91.